The fourth-order valence-corrected chi connectivity index (χ4v) is 2.37. The van der Waals surface area contributed by atoms with E-state index in [1.165, 1.54) is 13.2 Å². The first-order valence-electron chi connectivity index (χ1n) is 6.99. The van der Waals surface area contributed by atoms with E-state index in [4.69, 9.17) is 9.47 Å². The van der Waals surface area contributed by atoms with Crippen molar-refractivity contribution >= 4 is 5.91 Å². The molecule has 1 fully saturated rings. The Morgan fingerprint density at radius 2 is 2.23 bits per heavy atom. The van der Waals surface area contributed by atoms with Crippen molar-refractivity contribution in [2.75, 3.05) is 20.8 Å². The van der Waals surface area contributed by atoms with Gasteiger partial charge in [-0.25, -0.2) is 0 Å². The van der Waals surface area contributed by atoms with E-state index in [9.17, 15) is 13.6 Å². The van der Waals surface area contributed by atoms with Crippen molar-refractivity contribution in [3.05, 3.63) is 23.8 Å². The molecular weight excluding hydrogens is 296 g/mol. The first-order valence-corrected chi connectivity index (χ1v) is 6.99. The molecule has 1 aromatic carbocycles. The first kappa shape index (κ1) is 16.5. The summed E-state index contributed by atoms with van der Waals surface area (Å²) in [4.78, 5) is 13.7. The summed E-state index contributed by atoms with van der Waals surface area (Å²) in [6, 6.07) is 4.61. The fraction of sp³-hybridized carbons (Fsp3) is 0.533. The molecule has 1 heterocycles. The van der Waals surface area contributed by atoms with E-state index in [1.807, 2.05) is 0 Å². The average Bonchev–Trinajstić information content (AvgIpc) is 3.01. The van der Waals surface area contributed by atoms with Crippen LogP contribution in [0.1, 0.15) is 18.4 Å². The molecule has 1 atom stereocenters. The van der Waals surface area contributed by atoms with E-state index in [2.05, 4.69) is 4.74 Å². The molecule has 0 spiro atoms. The summed E-state index contributed by atoms with van der Waals surface area (Å²) in [7, 11) is 3.05. The second-order valence-corrected chi connectivity index (χ2v) is 5.06. The third-order valence-electron chi connectivity index (χ3n) is 3.45. The standard InChI is InChI=1S/C15H19F2NO4/c1-18(14(19)12-4-3-7-21-12)9-10-5-6-11(22-15(16)17)13(8-10)20-2/h5-6,8,12,15H,3-4,7,9H2,1-2H3/t12-/m0/s1. The van der Waals surface area contributed by atoms with Crippen LogP contribution >= 0.6 is 0 Å². The molecule has 7 heteroatoms. The first-order chi connectivity index (χ1) is 10.5. The van der Waals surface area contributed by atoms with Crippen LogP contribution in [-0.2, 0) is 16.1 Å². The van der Waals surface area contributed by atoms with Crippen molar-refractivity contribution in [1.29, 1.82) is 0 Å². The smallest absolute Gasteiger partial charge is 0.387 e. The quantitative estimate of drug-likeness (QED) is 0.809. The molecule has 0 N–H and O–H groups in total. The molecule has 5 nitrogen and oxygen atoms in total. The molecule has 0 aromatic heterocycles. The maximum Gasteiger partial charge on any atom is 0.387 e. The molecular formula is C15H19F2NO4. The molecule has 1 aliphatic rings. The van der Waals surface area contributed by atoms with E-state index < -0.39 is 6.61 Å². The number of nitrogens with zero attached hydrogens (tertiary/aromatic N) is 1. The van der Waals surface area contributed by atoms with Crippen LogP contribution in [0.4, 0.5) is 8.78 Å². The number of amides is 1. The number of carbonyl (C=O) groups excluding carboxylic acids is 1. The summed E-state index contributed by atoms with van der Waals surface area (Å²) >= 11 is 0. The molecule has 0 aliphatic carbocycles. The van der Waals surface area contributed by atoms with Gasteiger partial charge in [0.1, 0.15) is 6.10 Å². The third kappa shape index (κ3) is 4.07. The monoisotopic (exact) mass is 315 g/mol. The van der Waals surface area contributed by atoms with Gasteiger partial charge in [0, 0.05) is 20.2 Å². The Kier molecular flexibility index (Phi) is 5.54. The average molecular weight is 315 g/mol. The van der Waals surface area contributed by atoms with Crippen molar-refractivity contribution in [2.24, 2.45) is 0 Å². The van der Waals surface area contributed by atoms with Crippen LogP contribution in [0.25, 0.3) is 0 Å². The maximum atomic E-state index is 12.3. The Hall–Kier alpha value is -1.89. The summed E-state index contributed by atoms with van der Waals surface area (Å²) in [5.74, 6) is 0.0921. The van der Waals surface area contributed by atoms with Crippen molar-refractivity contribution in [3.8, 4) is 11.5 Å². The molecule has 1 saturated heterocycles. The minimum atomic E-state index is -2.91. The van der Waals surface area contributed by atoms with Gasteiger partial charge < -0.3 is 19.1 Å². The lowest BCUT2D eigenvalue weighted by atomic mass is 10.1. The Labute approximate surface area is 127 Å². The van der Waals surface area contributed by atoms with Crippen molar-refractivity contribution in [1.82, 2.24) is 4.90 Å². The lowest BCUT2D eigenvalue weighted by Crippen LogP contribution is -2.35. The number of benzene rings is 1. The molecule has 1 aromatic rings. The molecule has 2 rings (SSSR count). The highest BCUT2D eigenvalue weighted by Crippen LogP contribution is 2.30. The van der Waals surface area contributed by atoms with Gasteiger partial charge in [0.05, 0.1) is 7.11 Å². The van der Waals surface area contributed by atoms with E-state index in [-0.39, 0.29) is 23.5 Å². The Balaban J connectivity index is 2.04. The summed E-state index contributed by atoms with van der Waals surface area (Å²) in [6.07, 6.45) is 1.24. The fourth-order valence-electron chi connectivity index (χ4n) is 2.37. The van der Waals surface area contributed by atoms with Crippen LogP contribution in [0.2, 0.25) is 0 Å². The molecule has 0 unspecified atom stereocenters. The number of ether oxygens (including phenoxy) is 3. The predicted molar refractivity (Wildman–Crippen MR) is 75.1 cm³/mol. The van der Waals surface area contributed by atoms with Gasteiger partial charge >= 0.3 is 6.61 Å². The summed E-state index contributed by atoms with van der Waals surface area (Å²) in [5, 5.41) is 0. The number of halogens is 2. The number of hydrogen-bond acceptors (Lipinski definition) is 4. The van der Waals surface area contributed by atoms with Crippen LogP contribution in [0.5, 0.6) is 11.5 Å². The highest BCUT2D eigenvalue weighted by molar-refractivity contribution is 5.80. The van der Waals surface area contributed by atoms with Gasteiger partial charge in [-0.15, -0.1) is 0 Å². The number of alkyl halides is 2. The highest BCUT2D eigenvalue weighted by Gasteiger charge is 2.26. The van der Waals surface area contributed by atoms with E-state index in [1.54, 1.807) is 24.1 Å². The van der Waals surface area contributed by atoms with Crippen LogP contribution in [0.3, 0.4) is 0 Å². The summed E-state index contributed by atoms with van der Waals surface area (Å²) in [5.41, 5.74) is 0.757. The molecule has 1 aliphatic heterocycles. The lowest BCUT2D eigenvalue weighted by molar-refractivity contribution is -0.140. The predicted octanol–water partition coefficient (Wildman–Crippen LogP) is 2.43. The zero-order chi connectivity index (χ0) is 16.1. The molecule has 122 valence electrons. The molecule has 0 radical (unpaired) electrons. The Morgan fingerprint density at radius 3 is 2.82 bits per heavy atom. The SMILES string of the molecule is COc1cc(CN(C)C(=O)[C@@H]2CCCO2)ccc1OC(F)F. The van der Waals surface area contributed by atoms with Crippen LogP contribution in [0, 0.1) is 0 Å². The van der Waals surface area contributed by atoms with Gasteiger partial charge in [-0.2, -0.15) is 8.78 Å². The summed E-state index contributed by atoms with van der Waals surface area (Å²) in [6.45, 7) is -1.97. The third-order valence-corrected chi connectivity index (χ3v) is 3.45. The number of hydrogen-bond donors (Lipinski definition) is 0. The van der Waals surface area contributed by atoms with E-state index >= 15 is 0 Å². The zero-order valence-corrected chi connectivity index (χ0v) is 12.6. The minimum Gasteiger partial charge on any atom is -0.493 e. The minimum absolute atomic E-state index is 0.0330. The number of likely N-dealkylation sites (N-methyl/N-ethyl adjacent to an activating group) is 1. The van der Waals surface area contributed by atoms with Gasteiger partial charge in [0.15, 0.2) is 11.5 Å². The van der Waals surface area contributed by atoms with Crippen LogP contribution < -0.4 is 9.47 Å². The van der Waals surface area contributed by atoms with Gasteiger partial charge in [0.25, 0.3) is 5.91 Å². The second-order valence-electron chi connectivity index (χ2n) is 5.06. The molecule has 22 heavy (non-hydrogen) atoms. The van der Waals surface area contributed by atoms with Crippen LogP contribution in [-0.4, -0.2) is 44.3 Å². The molecule has 0 saturated carbocycles. The van der Waals surface area contributed by atoms with Gasteiger partial charge in [0.2, 0.25) is 0 Å². The second kappa shape index (κ2) is 7.40. The molecule has 1 amide bonds. The van der Waals surface area contributed by atoms with E-state index in [0.717, 1.165) is 18.4 Å². The summed E-state index contributed by atoms with van der Waals surface area (Å²) < 4.78 is 39.3. The lowest BCUT2D eigenvalue weighted by Gasteiger charge is -2.21. The maximum absolute atomic E-state index is 12.3. The van der Waals surface area contributed by atoms with Gasteiger partial charge in [-0.05, 0) is 30.5 Å². The van der Waals surface area contributed by atoms with Crippen LogP contribution in [0.15, 0.2) is 18.2 Å². The number of rotatable bonds is 6. The Bertz CT molecular complexity index is 518. The van der Waals surface area contributed by atoms with Gasteiger partial charge in [-0.3, -0.25) is 4.79 Å². The van der Waals surface area contributed by atoms with Crippen molar-refractivity contribution in [3.63, 3.8) is 0 Å². The topological polar surface area (TPSA) is 48.0 Å². The normalized spacial score (nSPS) is 17.6. The zero-order valence-electron chi connectivity index (χ0n) is 12.6. The van der Waals surface area contributed by atoms with Gasteiger partial charge in [-0.1, -0.05) is 6.07 Å². The Morgan fingerprint density at radius 1 is 1.45 bits per heavy atom. The van der Waals surface area contributed by atoms with Crippen molar-refractivity contribution < 1.29 is 27.8 Å². The molecule has 0 bridgehead atoms. The largest absolute Gasteiger partial charge is 0.493 e. The van der Waals surface area contributed by atoms with Crippen molar-refractivity contribution in [2.45, 2.75) is 32.1 Å². The number of carbonyl (C=O) groups is 1. The van der Waals surface area contributed by atoms with E-state index in [0.29, 0.717) is 13.2 Å². The number of methoxy groups -OCH3 is 1. The highest BCUT2D eigenvalue weighted by atomic mass is 19.3.